The van der Waals surface area contributed by atoms with Gasteiger partial charge >= 0.3 is 0 Å². The van der Waals surface area contributed by atoms with Crippen LogP contribution in [-0.2, 0) is 23.1 Å². The van der Waals surface area contributed by atoms with Gasteiger partial charge in [0.2, 0.25) is 0 Å². The second-order valence-corrected chi connectivity index (χ2v) is 9.27. The van der Waals surface area contributed by atoms with Gasteiger partial charge < -0.3 is 10.8 Å². The topological polar surface area (TPSA) is 63.3 Å². The smallest absolute Gasteiger partial charge is 0.134 e. The molecule has 2 rings (SSSR count). The van der Waals surface area contributed by atoms with Crippen LogP contribution >= 0.6 is 11.6 Å². The summed E-state index contributed by atoms with van der Waals surface area (Å²) in [5.74, 6) is 0.642. The van der Waals surface area contributed by atoms with Crippen molar-refractivity contribution in [3.8, 4) is 5.75 Å². The van der Waals surface area contributed by atoms with E-state index in [1.165, 1.54) is 29.7 Å². The van der Waals surface area contributed by atoms with Crippen LogP contribution in [0.2, 0.25) is 5.02 Å². The molecule has 0 bridgehead atoms. The Morgan fingerprint density at radius 2 is 1.68 bits per heavy atom. The van der Waals surface area contributed by atoms with E-state index in [1.807, 2.05) is 20.8 Å². The minimum absolute atomic E-state index is 0.0310. The molecule has 4 heteroatoms. The number of carbonyl (C=O) groups is 1. The lowest BCUT2D eigenvalue weighted by Crippen LogP contribution is -2.18. The second kappa shape index (κ2) is 13.5. The fraction of sp³-hybridized carbons (Fsp3) is 0.519. The summed E-state index contributed by atoms with van der Waals surface area (Å²) in [4.78, 5) is 10.9. The Kier molecular flexibility index (Phi) is 12.7. The molecule has 2 aromatic carbocycles. The zero-order chi connectivity index (χ0) is 24.4. The third-order valence-corrected chi connectivity index (χ3v) is 5.34. The third-order valence-electron chi connectivity index (χ3n) is 4.92. The van der Waals surface area contributed by atoms with Crippen molar-refractivity contribution in [2.75, 3.05) is 6.54 Å². The molecule has 174 valence electrons. The summed E-state index contributed by atoms with van der Waals surface area (Å²) in [5, 5.41) is 9.58. The number of aryl methyl sites for hydroxylation is 1. The zero-order valence-corrected chi connectivity index (χ0v) is 21.7. The normalized spacial score (nSPS) is 10.7. The lowest BCUT2D eigenvalue weighted by molar-refractivity contribution is -0.116. The van der Waals surface area contributed by atoms with Crippen molar-refractivity contribution >= 4 is 17.4 Å². The molecule has 0 amide bonds. The lowest BCUT2D eigenvalue weighted by atomic mass is 9.79. The van der Waals surface area contributed by atoms with Gasteiger partial charge in [0.1, 0.15) is 11.5 Å². The first kappa shape index (κ1) is 29.2. The predicted octanol–water partition coefficient (Wildman–Crippen LogP) is 7.12. The fourth-order valence-electron chi connectivity index (χ4n) is 3.44. The molecular weight excluding hydrogens is 406 g/mol. The van der Waals surface area contributed by atoms with Gasteiger partial charge in [-0.1, -0.05) is 84.3 Å². The molecule has 0 atom stereocenters. The minimum atomic E-state index is 0.0310. The average molecular weight is 448 g/mol. The number of benzene rings is 2. The summed E-state index contributed by atoms with van der Waals surface area (Å²) < 4.78 is 0. The Balaban J connectivity index is 0.000000547. The number of carbonyl (C=O) groups excluding carboxylic acids is 1. The van der Waals surface area contributed by atoms with E-state index in [-0.39, 0.29) is 28.4 Å². The Morgan fingerprint density at radius 1 is 1.10 bits per heavy atom. The molecule has 3 nitrogen and oxygen atoms in total. The highest BCUT2D eigenvalue weighted by atomic mass is 35.5. The van der Waals surface area contributed by atoms with Crippen molar-refractivity contribution in [2.45, 2.75) is 86.5 Å². The molecule has 2 aromatic rings. The van der Waals surface area contributed by atoms with Crippen LogP contribution in [0, 0.1) is 6.92 Å². The molecule has 0 aliphatic carbocycles. The molecule has 0 unspecified atom stereocenters. The summed E-state index contributed by atoms with van der Waals surface area (Å²) >= 11 is 5.84. The van der Waals surface area contributed by atoms with E-state index in [1.54, 1.807) is 6.07 Å². The van der Waals surface area contributed by atoms with Crippen molar-refractivity contribution in [1.82, 2.24) is 0 Å². The van der Waals surface area contributed by atoms with E-state index in [4.69, 9.17) is 17.3 Å². The van der Waals surface area contributed by atoms with E-state index in [0.717, 1.165) is 18.5 Å². The number of rotatable bonds is 5. The van der Waals surface area contributed by atoms with Crippen molar-refractivity contribution in [3.63, 3.8) is 0 Å². The Hall–Kier alpha value is -1.84. The Labute approximate surface area is 195 Å². The molecule has 0 aliphatic rings. The second-order valence-electron chi connectivity index (χ2n) is 8.89. The molecule has 0 heterocycles. The quantitative estimate of drug-likeness (QED) is 0.512. The van der Waals surface area contributed by atoms with Crippen LogP contribution in [0.25, 0.3) is 0 Å². The van der Waals surface area contributed by atoms with Crippen molar-refractivity contribution in [1.29, 1.82) is 0 Å². The van der Waals surface area contributed by atoms with Crippen LogP contribution in [0.5, 0.6) is 5.75 Å². The van der Waals surface area contributed by atoms with Gasteiger partial charge in [0, 0.05) is 6.42 Å². The third kappa shape index (κ3) is 9.04. The summed E-state index contributed by atoms with van der Waals surface area (Å²) in [7, 11) is 0. The standard InChI is InChI=1S/C15H25N.C10H11ClO2.C2H6/c1-11(2)12-7-6-8-14(15(3,4)5)13(12)9-10-16;1-6-3-4-9(13)10(11)8(6)5-7(2)12;1-2/h6-8,11H,9-10,16H2,1-5H3;3-4,13H,5H2,1-2H3;1-2H3. The average Bonchev–Trinajstić information content (AvgIpc) is 2.69. The first-order valence-corrected chi connectivity index (χ1v) is 11.6. The molecule has 0 aromatic heterocycles. The minimum Gasteiger partial charge on any atom is -0.506 e. The van der Waals surface area contributed by atoms with Crippen molar-refractivity contribution in [2.24, 2.45) is 5.73 Å². The molecular formula is C27H42ClNO2. The first-order valence-electron chi connectivity index (χ1n) is 11.2. The Morgan fingerprint density at radius 3 is 2.13 bits per heavy atom. The van der Waals surface area contributed by atoms with Crippen LogP contribution in [0.3, 0.4) is 0 Å². The monoisotopic (exact) mass is 447 g/mol. The first-order chi connectivity index (χ1) is 14.4. The maximum atomic E-state index is 10.9. The molecule has 0 fully saturated rings. The molecule has 3 N–H and O–H groups in total. The highest BCUT2D eigenvalue weighted by molar-refractivity contribution is 6.33. The number of phenols is 1. The van der Waals surface area contributed by atoms with Crippen molar-refractivity contribution in [3.05, 3.63) is 63.2 Å². The van der Waals surface area contributed by atoms with Crippen LogP contribution in [0.4, 0.5) is 0 Å². The van der Waals surface area contributed by atoms with E-state index < -0.39 is 0 Å². The van der Waals surface area contributed by atoms with Crippen LogP contribution in [-0.4, -0.2) is 17.4 Å². The number of hydrogen-bond donors (Lipinski definition) is 2. The predicted molar refractivity (Wildman–Crippen MR) is 136 cm³/mol. The van der Waals surface area contributed by atoms with Gasteiger partial charge in [-0.2, -0.15) is 0 Å². The lowest BCUT2D eigenvalue weighted by Gasteiger charge is -2.26. The highest BCUT2D eigenvalue weighted by Crippen LogP contribution is 2.31. The van der Waals surface area contributed by atoms with E-state index in [9.17, 15) is 9.90 Å². The molecule has 31 heavy (non-hydrogen) atoms. The highest BCUT2D eigenvalue weighted by Gasteiger charge is 2.20. The summed E-state index contributed by atoms with van der Waals surface area (Å²) in [6.45, 7) is 19.4. The van der Waals surface area contributed by atoms with Gasteiger partial charge in [0.25, 0.3) is 0 Å². The molecule has 0 aliphatic heterocycles. The number of hydrogen-bond acceptors (Lipinski definition) is 3. The SMILES string of the molecule is CC.CC(=O)Cc1c(C)ccc(O)c1Cl.CC(C)c1cccc(C(C)(C)C)c1CCN. The fourth-order valence-corrected chi connectivity index (χ4v) is 3.72. The van der Waals surface area contributed by atoms with E-state index in [0.29, 0.717) is 11.5 Å². The zero-order valence-electron chi connectivity index (χ0n) is 20.9. The maximum absolute atomic E-state index is 10.9. The van der Waals surface area contributed by atoms with E-state index >= 15 is 0 Å². The number of nitrogens with two attached hydrogens (primary N) is 1. The number of halogens is 1. The number of Topliss-reactive ketones (excluding diaryl/α,β-unsaturated/α-hetero) is 1. The van der Waals surface area contributed by atoms with E-state index in [2.05, 4.69) is 52.8 Å². The van der Waals surface area contributed by atoms with Crippen LogP contribution in [0.15, 0.2) is 30.3 Å². The van der Waals surface area contributed by atoms with Gasteiger partial charge in [-0.05, 0) is 72.0 Å². The van der Waals surface area contributed by atoms with Gasteiger partial charge in [-0.3, -0.25) is 4.79 Å². The summed E-state index contributed by atoms with van der Waals surface area (Å²) in [6.07, 6.45) is 1.26. The molecule has 0 radical (unpaired) electrons. The maximum Gasteiger partial charge on any atom is 0.134 e. The molecule has 0 spiro atoms. The van der Waals surface area contributed by atoms with Crippen molar-refractivity contribution < 1.29 is 9.90 Å². The van der Waals surface area contributed by atoms with Gasteiger partial charge in [-0.25, -0.2) is 0 Å². The largest absolute Gasteiger partial charge is 0.506 e. The number of aromatic hydroxyl groups is 1. The van der Waals surface area contributed by atoms with Gasteiger partial charge in [0.05, 0.1) is 5.02 Å². The van der Waals surface area contributed by atoms with Gasteiger partial charge in [0.15, 0.2) is 0 Å². The van der Waals surface area contributed by atoms with Crippen LogP contribution < -0.4 is 5.73 Å². The van der Waals surface area contributed by atoms with Gasteiger partial charge in [-0.15, -0.1) is 0 Å². The molecule has 0 saturated heterocycles. The molecule has 0 saturated carbocycles. The summed E-state index contributed by atoms with van der Waals surface area (Å²) in [6, 6.07) is 9.94. The number of phenolic OH excluding ortho intramolecular Hbond substituents is 1. The number of ketones is 1. The van der Waals surface area contributed by atoms with Crippen LogP contribution in [0.1, 0.15) is 89.1 Å². The summed E-state index contributed by atoms with van der Waals surface area (Å²) in [5.41, 5.74) is 12.0. The Bertz CT molecular complexity index is 836.